The normalized spacial score (nSPS) is 12.8. The van der Waals surface area contributed by atoms with Crippen LogP contribution in [0.4, 0.5) is 0 Å². The monoisotopic (exact) mass is 291 g/mol. The van der Waals surface area contributed by atoms with Gasteiger partial charge in [0.25, 0.3) is 0 Å². The van der Waals surface area contributed by atoms with Gasteiger partial charge in [0.05, 0.1) is 0 Å². The number of hydrogen-bond acceptors (Lipinski definition) is 3. The van der Waals surface area contributed by atoms with Crippen LogP contribution in [-0.2, 0) is 19.9 Å². The van der Waals surface area contributed by atoms with Crippen molar-refractivity contribution in [3.05, 3.63) is 39.8 Å². The van der Waals surface area contributed by atoms with E-state index in [-0.39, 0.29) is 0 Å². The van der Waals surface area contributed by atoms with Crippen LogP contribution in [0.3, 0.4) is 0 Å². The summed E-state index contributed by atoms with van der Waals surface area (Å²) in [7, 11) is 2.02. The third-order valence-electron chi connectivity index (χ3n) is 3.63. The van der Waals surface area contributed by atoms with Gasteiger partial charge in [-0.1, -0.05) is 13.8 Å². The minimum atomic E-state index is 0.468. The third kappa shape index (κ3) is 3.93. The van der Waals surface area contributed by atoms with E-state index in [1.54, 1.807) is 0 Å². The van der Waals surface area contributed by atoms with E-state index in [2.05, 4.69) is 42.5 Å². The van der Waals surface area contributed by atoms with Crippen LogP contribution in [0.15, 0.2) is 24.4 Å². The van der Waals surface area contributed by atoms with Crippen molar-refractivity contribution in [1.82, 2.24) is 15.1 Å². The highest BCUT2D eigenvalue weighted by Gasteiger charge is 2.14. The topological polar surface area (TPSA) is 29.9 Å². The van der Waals surface area contributed by atoms with Crippen LogP contribution >= 0.6 is 11.3 Å². The minimum Gasteiger partial charge on any atom is -0.309 e. The molecule has 0 fully saturated rings. The van der Waals surface area contributed by atoms with Gasteiger partial charge in [0.1, 0.15) is 0 Å². The molecule has 0 amide bonds. The summed E-state index contributed by atoms with van der Waals surface area (Å²) in [5.74, 6) is 0. The Bertz CT molecular complexity index is 515. The third-order valence-corrected chi connectivity index (χ3v) is 4.97. The lowest BCUT2D eigenvalue weighted by atomic mass is 10.1. The fraction of sp³-hybridized carbons (Fsp3) is 0.562. The number of rotatable bonds is 8. The summed E-state index contributed by atoms with van der Waals surface area (Å²) in [6.45, 7) is 5.52. The van der Waals surface area contributed by atoms with Crippen LogP contribution in [0, 0.1) is 0 Å². The molecule has 0 aliphatic rings. The number of thiophene rings is 1. The van der Waals surface area contributed by atoms with Crippen molar-refractivity contribution in [1.29, 1.82) is 0 Å². The average molecular weight is 291 g/mol. The van der Waals surface area contributed by atoms with Gasteiger partial charge in [-0.15, -0.1) is 11.3 Å². The van der Waals surface area contributed by atoms with E-state index in [0.717, 1.165) is 25.8 Å². The van der Waals surface area contributed by atoms with Crippen LogP contribution in [0.25, 0.3) is 0 Å². The molecule has 3 nitrogen and oxygen atoms in total. The first-order valence-corrected chi connectivity index (χ1v) is 8.35. The molecule has 4 heteroatoms. The molecule has 0 radical (unpaired) electrons. The summed E-state index contributed by atoms with van der Waals surface area (Å²) in [5, 5.41) is 7.93. The molecule has 1 unspecified atom stereocenters. The van der Waals surface area contributed by atoms with Gasteiger partial charge in [-0.25, -0.2) is 0 Å². The number of nitrogens with one attached hydrogen (secondary N) is 1. The van der Waals surface area contributed by atoms with E-state index in [4.69, 9.17) is 0 Å². The highest BCUT2D eigenvalue weighted by molar-refractivity contribution is 7.12. The number of aryl methyl sites for hydroxylation is 3. The van der Waals surface area contributed by atoms with E-state index in [0.29, 0.717) is 6.04 Å². The Hall–Kier alpha value is -1.13. The van der Waals surface area contributed by atoms with Gasteiger partial charge < -0.3 is 5.32 Å². The van der Waals surface area contributed by atoms with E-state index in [9.17, 15) is 0 Å². The van der Waals surface area contributed by atoms with Gasteiger partial charge >= 0.3 is 0 Å². The van der Waals surface area contributed by atoms with E-state index < -0.39 is 0 Å². The van der Waals surface area contributed by atoms with Gasteiger partial charge in [0, 0.05) is 34.7 Å². The molecule has 2 heterocycles. The predicted octanol–water partition coefficient (Wildman–Crippen LogP) is 3.72. The van der Waals surface area contributed by atoms with Crippen molar-refractivity contribution in [2.75, 3.05) is 6.54 Å². The van der Waals surface area contributed by atoms with Gasteiger partial charge in [0.2, 0.25) is 0 Å². The highest BCUT2D eigenvalue weighted by Crippen LogP contribution is 2.27. The molecule has 2 aromatic heterocycles. The van der Waals surface area contributed by atoms with E-state index in [1.165, 1.54) is 21.9 Å². The molecule has 0 aromatic carbocycles. The molecular formula is C16H25N3S. The molecule has 2 rings (SSSR count). The molecule has 0 saturated heterocycles. The second-order valence-electron chi connectivity index (χ2n) is 5.15. The zero-order valence-electron chi connectivity index (χ0n) is 12.7. The minimum absolute atomic E-state index is 0.468. The summed E-state index contributed by atoms with van der Waals surface area (Å²) >= 11 is 1.95. The van der Waals surface area contributed by atoms with Crippen LogP contribution in [0.2, 0.25) is 0 Å². The first-order valence-electron chi connectivity index (χ1n) is 7.53. The molecule has 0 spiro atoms. The lowest BCUT2D eigenvalue weighted by Gasteiger charge is -2.17. The van der Waals surface area contributed by atoms with Crippen molar-refractivity contribution < 1.29 is 0 Å². The highest BCUT2D eigenvalue weighted by atomic mass is 32.1. The van der Waals surface area contributed by atoms with Crippen LogP contribution < -0.4 is 5.32 Å². The largest absolute Gasteiger partial charge is 0.309 e. The van der Waals surface area contributed by atoms with Crippen LogP contribution in [0.1, 0.15) is 48.2 Å². The summed E-state index contributed by atoms with van der Waals surface area (Å²) in [6.07, 6.45) is 6.38. The Kier molecular flexibility index (Phi) is 5.80. The molecular weight excluding hydrogens is 266 g/mol. The Morgan fingerprint density at radius 1 is 1.30 bits per heavy atom. The van der Waals surface area contributed by atoms with E-state index in [1.807, 2.05) is 29.3 Å². The van der Waals surface area contributed by atoms with Crippen LogP contribution in [0.5, 0.6) is 0 Å². The Balaban J connectivity index is 2.01. The second kappa shape index (κ2) is 7.60. The van der Waals surface area contributed by atoms with Gasteiger partial charge in [-0.2, -0.15) is 5.10 Å². The first-order chi connectivity index (χ1) is 9.74. The lowest BCUT2D eigenvalue weighted by molar-refractivity contribution is 0.498. The molecule has 0 bridgehead atoms. The first kappa shape index (κ1) is 15.3. The maximum absolute atomic E-state index is 4.25. The van der Waals surface area contributed by atoms with Gasteiger partial charge in [-0.3, -0.25) is 4.68 Å². The van der Waals surface area contributed by atoms with E-state index >= 15 is 0 Å². The molecule has 0 saturated carbocycles. The molecule has 20 heavy (non-hydrogen) atoms. The predicted molar refractivity (Wildman–Crippen MR) is 86.3 cm³/mol. The maximum atomic E-state index is 4.25. The zero-order valence-corrected chi connectivity index (χ0v) is 13.5. The van der Waals surface area contributed by atoms with Gasteiger partial charge in [0.15, 0.2) is 0 Å². The van der Waals surface area contributed by atoms with Crippen molar-refractivity contribution in [2.45, 2.75) is 45.6 Å². The summed E-state index contributed by atoms with van der Waals surface area (Å²) in [4.78, 5) is 2.95. The molecule has 0 aliphatic heterocycles. The second-order valence-corrected chi connectivity index (χ2v) is 6.35. The van der Waals surface area contributed by atoms with Crippen molar-refractivity contribution in [2.24, 2.45) is 7.05 Å². The Morgan fingerprint density at radius 2 is 2.15 bits per heavy atom. The van der Waals surface area contributed by atoms with Crippen LogP contribution in [-0.4, -0.2) is 16.3 Å². The maximum Gasteiger partial charge on any atom is 0.0492 e. The number of aromatic nitrogens is 2. The van der Waals surface area contributed by atoms with Crippen molar-refractivity contribution in [3.8, 4) is 0 Å². The standard InChI is InChI=1S/C16H25N3S/c1-4-11-17-15(16-9-7-14(5-2)20-16)8-6-13-10-12-18-19(13)3/h7,9-10,12,15,17H,4-6,8,11H2,1-3H3. The quantitative estimate of drug-likeness (QED) is 0.803. The summed E-state index contributed by atoms with van der Waals surface area (Å²) < 4.78 is 1.97. The number of hydrogen-bond donors (Lipinski definition) is 1. The molecule has 110 valence electrons. The lowest BCUT2D eigenvalue weighted by Crippen LogP contribution is -2.22. The summed E-state index contributed by atoms with van der Waals surface area (Å²) in [6, 6.07) is 7.14. The van der Waals surface area contributed by atoms with Gasteiger partial charge in [-0.05, 0) is 50.4 Å². The summed E-state index contributed by atoms with van der Waals surface area (Å²) in [5.41, 5.74) is 1.31. The van der Waals surface area contributed by atoms with Crippen molar-refractivity contribution >= 4 is 11.3 Å². The molecule has 0 aliphatic carbocycles. The average Bonchev–Trinajstić information content (AvgIpc) is 3.08. The number of nitrogens with zero attached hydrogens (tertiary/aromatic N) is 2. The zero-order chi connectivity index (χ0) is 14.4. The molecule has 2 aromatic rings. The smallest absolute Gasteiger partial charge is 0.0492 e. The Morgan fingerprint density at radius 3 is 2.75 bits per heavy atom. The molecule has 1 atom stereocenters. The molecule has 1 N–H and O–H groups in total. The van der Waals surface area contributed by atoms with Crippen molar-refractivity contribution in [3.63, 3.8) is 0 Å². The SMILES string of the molecule is CCCNC(CCc1ccnn1C)c1ccc(CC)s1. The Labute approximate surface area is 126 Å². The fourth-order valence-corrected chi connectivity index (χ4v) is 3.44. The fourth-order valence-electron chi connectivity index (χ4n) is 2.37.